The highest BCUT2D eigenvalue weighted by atomic mass is 16.4. The smallest absolute Gasteiger partial charge is 0.258 e. The number of likely N-dealkylation sites (N-methyl/N-ethyl adjacent to an activating group) is 1. The van der Waals surface area contributed by atoms with Crippen molar-refractivity contribution in [2.45, 2.75) is 69.7 Å². The van der Waals surface area contributed by atoms with E-state index in [1.165, 1.54) is 11.0 Å². The first kappa shape index (κ1) is 27.8. The van der Waals surface area contributed by atoms with Gasteiger partial charge in [0.05, 0.1) is 23.6 Å². The Labute approximate surface area is 221 Å². The first-order valence-electron chi connectivity index (χ1n) is 12.8. The fraction of sp³-hybridized carbons (Fsp3) is 0.536. The van der Waals surface area contributed by atoms with Crippen molar-refractivity contribution < 1.29 is 39.9 Å². The molecule has 0 radical (unpaired) electrons. The topological polar surface area (TPSA) is 168 Å². The van der Waals surface area contributed by atoms with Gasteiger partial charge in [-0.25, -0.2) is 0 Å². The molecule has 0 aliphatic heterocycles. The van der Waals surface area contributed by atoms with Crippen LogP contribution in [0.3, 0.4) is 0 Å². The number of rotatable bonds is 5. The highest BCUT2D eigenvalue weighted by Gasteiger charge is 2.67. The monoisotopic (exact) mass is 528 g/mol. The first-order valence-corrected chi connectivity index (χ1v) is 12.8. The van der Waals surface area contributed by atoms with E-state index in [1.807, 2.05) is 6.92 Å². The lowest BCUT2D eigenvalue weighted by atomic mass is 9.55. The summed E-state index contributed by atoms with van der Waals surface area (Å²) < 4.78 is 0. The van der Waals surface area contributed by atoms with Crippen molar-refractivity contribution in [3.05, 3.63) is 52.0 Å². The van der Waals surface area contributed by atoms with E-state index in [0.717, 1.165) is 6.42 Å². The second-order valence-electron chi connectivity index (χ2n) is 11.5. The number of nitrogens with zero attached hydrogens (tertiary/aromatic N) is 1. The zero-order valence-corrected chi connectivity index (χ0v) is 22.4. The molecule has 4 rings (SSSR count). The molecule has 1 aromatic carbocycles. The van der Waals surface area contributed by atoms with Gasteiger partial charge in [-0.05, 0) is 51.9 Å². The van der Waals surface area contributed by atoms with Crippen molar-refractivity contribution in [2.24, 2.45) is 11.8 Å². The van der Waals surface area contributed by atoms with Gasteiger partial charge in [-0.2, -0.15) is 0 Å². The molecule has 1 amide bonds. The van der Waals surface area contributed by atoms with Crippen LogP contribution in [0.4, 0.5) is 0 Å². The molecule has 38 heavy (non-hydrogen) atoms. The number of ketones is 2. The lowest BCUT2D eigenvalue weighted by Crippen LogP contribution is -2.68. The van der Waals surface area contributed by atoms with Gasteiger partial charge in [0.2, 0.25) is 5.78 Å². The van der Waals surface area contributed by atoms with E-state index in [4.69, 9.17) is 0 Å². The Morgan fingerprint density at radius 3 is 2.37 bits per heavy atom. The zero-order chi connectivity index (χ0) is 28.5. The number of nitrogens with one attached hydrogen (secondary N) is 1. The predicted molar refractivity (Wildman–Crippen MR) is 138 cm³/mol. The summed E-state index contributed by atoms with van der Waals surface area (Å²) in [5, 5.41) is 59.5. The van der Waals surface area contributed by atoms with E-state index in [0.29, 0.717) is 12.0 Å². The fourth-order valence-corrected chi connectivity index (χ4v) is 6.62. The lowest BCUT2D eigenvalue weighted by Gasteiger charge is -2.53. The highest BCUT2D eigenvalue weighted by Crippen LogP contribution is 2.55. The van der Waals surface area contributed by atoms with Gasteiger partial charge in [-0.15, -0.1) is 0 Å². The molecule has 10 nitrogen and oxygen atoms in total. The Balaban J connectivity index is 1.95. The lowest BCUT2D eigenvalue weighted by molar-refractivity contribution is -0.162. The van der Waals surface area contributed by atoms with Crippen molar-refractivity contribution >= 4 is 17.5 Å². The molecule has 3 aliphatic rings. The van der Waals surface area contributed by atoms with Gasteiger partial charge in [0.25, 0.3) is 5.91 Å². The minimum absolute atomic E-state index is 0.0860. The second kappa shape index (κ2) is 9.21. The Bertz CT molecular complexity index is 1280. The molecule has 0 heterocycles. The molecule has 6 atom stereocenters. The molecule has 10 heteroatoms. The van der Waals surface area contributed by atoms with Crippen molar-refractivity contribution in [1.82, 2.24) is 10.2 Å². The minimum atomic E-state index is -2.88. The average molecular weight is 529 g/mol. The maximum atomic E-state index is 13.9. The SMILES string of the molecule is CCCC(C)(C)NC(=O)C1=C(O)C(N(C)C)C2C(O)C3C(=C(O)C2(O)C1=O)C(=O)c1c(O)cccc1C3C. The van der Waals surface area contributed by atoms with Crippen LogP contribution < -0.4 is 5.32 Å². The van der Waals surface area contributed by atoms with Crippen LogP contribution in [0.25, 0.3) is 0 Å². The van der Waals surface area contributed by atoms with E-state index in [1.54, 1.807) is 47.0 Å². The fourth-order valence-electron chi connectivity index (χ4n) is 6.62. The number of amides is 1. The van der Waals surface area contributed by atoms with Gasteiger partial charge >= 0.3 is 0 Å². The Morgan fingerprint density at radius 2 is 1.79 bits per heavy atom. The quantitative estimate of drug-likeness (QED) is 0.313. The van der Waals surface area contributed by atoms with Crippen LogP contribution in [0.15, 0.2) is 40.9 Å². The van der Waals surface area contributed by atoms with Crippen LogP contribution in [-0.4, -0.2) is 85.3 Å². The maximum absolute atomic E-state index is 13.9. The summed E-state index contributed by atoms with van der Waals surface area (Å²) in [6.07, 6.45) is -0.288. The molecule has 0 saturated carbocycles. The molecule has 206 valence electrons. The van der Waals surface area contributed by atoms with Gasteiger partial charge in [0.15, 0.2) is 11.4 Å². The standard InChI is InChI=1S/C28H36N2O8/c1-7-11-27(3,4)29-26(37)18-23(34)20(30(5)6)19-22(33)15-12(2)13-9-8-10-14(31)16(13)21(32)17(15)24(35)28(19,38)25(18)36/h8-10,12,15,19-20,22,31,33-35,38H,7,11H2,1-6H3,(H,29,37). The first-order chi connectivity index (χ1) is 17.6. The van der Waals surface area contributed by atoms with Crippen LogP contribution in [-0.2, 0) is 9.59 Å². The number of fused-ring (bicyclic) bond motifs is 3. The van der Waals surface area contributed by atoms with Crippen LogP contribution >= 0.6 is 0 Å². The highest BCUT2D eigenvalue weighted by molar-refractivity contribution is 6.25. The van der Waals surface area contributed by atoms with E-state index in [-0.39, 0.29) is 11.3 Å². The van der Waals surface area contributed by atoms with E-state index < -0.39 is 81.2 Å². The van der Waals surface area contributed by atoms with Crippen LogP contribution in [0.2, 0.25) is 0 Å². The number of carbonyl (C=O) groups is 3. The minimum Gasteiger partial charge on any atom is -0.510 e. The van der Waals surface area contributed by atoms with Gasteiger partial charge < -0.3 is 30.8 Å². The van der Waals surface area contributed by atoms with Crippen LogP contribution in [0, 0.1) is 11.8 Å². The number of benzene rings is 1. The molecule has 0 fully saturated rings. The summed E-state index contributed by atoms with van der Waals surface area (Å²) in [5.74, 6) is -8.19. The second-order valence-corrected chi connectivity index (χ2v) is 11.5. The molecule has 0 spiro atoms. The molecular weight excluding hydrogens is 492 g/mol. The molecule has 3 aliphatic carbocycles. The number of phenols is 1. The summed E-state index contributed by atoms with van der Waals surface area (Å²) in [7, 11) is 3.08. The molecule has 1 aromatic rings. The van der Waals surface area contributed by atoms with Crippen molar-refractivity contribution in [2.75, 3.05) is 14.1 Å². The van der Waals surface area contributed by atoms with Gasteiger partial charge in [0, 0.05) is 17.0 Å². The third kappa shape index (κ3) is 3.77. The summed E-state index contributed by atoms with van der Waals surface area (Å²) in [5.41, 5.74) is -4.41. The average Bonchev–Trinajstić information content (AvgIpc) is 2.80. The third-order valence-corrected chi connectivity index (χ3v) is 8.30. The van der Waals surface area contributed by atoms with Crippen LogP contribution in [0.5, 0.6) is 5.75 Å². The molecule has 0 saturated heterocycles. The summed E-state index contributed by atoms with van der Waals surface area (Å²) in [6.45, 7) is 7.13. The maximum Gasteiger partial charge on any atom is 0.258 e. The summed E-state index contributed by atoms with van der Waals surface area (Å²) in [6, 6.07) is 3.25. The number of hydrogen-bond donors (Lipinski definition) is 6. The zero-order valence-electron chi connectivity index (χ0n) is 22.4. The number of Topliss-reactive ketones (excluding diaryl/α,β-unsaturated/α-hetero) is 2. The Hall–Kier alpha value is -3.21. The van der Waals surface area contributed by atoms with E-state index >= 15 is 0 Å². The summed E-state index contributed by atoms with van der Waals surface area (Å²) >= 11 is 0. The number of aliphatic hydroxyl groups excluding tert-OH is 3. The number of aromatic hydroxyl groups is 1. The third-order valence-electron chi connectivity index (χ3n) is 8.30. The van der Waals surface area contributed by atoms with E-state index in [2.05, 4.69) is 5.32 Å². The van der Waals surface area contributed by atoms with Crippen molar-refractivity contribution in [3.63, 3.8) is 0 Å². The Kier molecular flexibility index (Phi) is 6.75. The molecule has 0 bridgehead atoms. The molecular formula is C28H36N2O8. The number of phenolic OH excluding ortho intramolecular Hbond substituents is 1. The summed E-state index contributed by atoms with van der Waals surface area (Å²) in [4.78, 5) is 42.2. The van der Waals surface area contributed by atoms with Crippen molar-refractivity contribution in [1.29, 1.82) is 0 Å². The Morgan fingerprint density at radius 1 is 1.16 bits per heavy atom. The number of carbonyl (C=O) groups excluding carboxylic acids is 3. The van der Waals surface area contributed by atoms with Gasteiger partial charge in [-0.1, -0.05) is 32.4 Å². The number of hydrogen-bond acceptors (Lipinski definition) is 9. The van der Waals surface area contributed by atoms with Gasteiger partial charge in [-0.3, -0.25) is 19.3 Å². The molecule has 6 N–H and O–H groups in total. The van der Waals surface area contributed by atoms with E-state index in [9.17, 15) is 39.9 Å². The largest absolute Gasteiger partial charge is 0.510 e. The van der Waals surface area contributed by atoms with Crippen LogP contribution in [0.1, 0.15) is 62.4 Å². The normalized spacial score (nSPS) is 31.2. The predicted octanol–water partition coefficient (Wildman–Crippen LogP) is 1.86. The van der Waals surface area contributed by atoms with Crippen molar-refractivity contribution in [3.8, 4) is 5.75 Å². The van der Waals surface area contributed by atoms with Gasteiger partial charge in [0.1, 0.15) is 22.8 Å². The number of aliphatic hydroxyl groups is 4. The molecule has 0 aromatic heterocycles. The molecule has 6 unspecified atom stereocenters.